The van der Waals surface area contributed by atoms with Crippen molar-refractivity contribution in [2.75, 3.05) is 18.1 Å². The summed E-state index contributed by atoms with van der Waals surface area (Å²) >= 11 is 0. The molecule has 0 aliphatic carbocycles. The summed E-state index contributed by atoms with van der Waals surface area (Å²) in [6, 6.07) is 8.44. The lowest BCUT2D eigenvalue weighted by atomic mass is 10.1. The predicted octanol–water partition coefficient (Wildman–Crippen LogP) is 3.23. The van der Waals surface area contributed by atoms with Crippen molar-refractivity contribution >= 4 is 29.6 Å². The quantitative estimate of drug-likeness (QED) is 0.307. The Bertz CT molecular complexity index is 602. The number of amides is 1. The van der Waals surface area contributed by atoms with Crippen LogP contribution in [0.25, 0.3) is 0 Å². The summed E-state index contributed by atoms with van der Waals surface area (Å²) in [7, 11) is -4.68. The highest BCUT2D eigenvalue weighted by molar-refractivity contribution is 8.15. The third-order valence-electron chi connectivity index (χ3n) is 3.61. The third kappa shape index (κ3) is 9.92. The largest absolute Gasteiger partial charge is 0.469 e. The molecule has 1 aromatic carbocycles. The van der Waals surface area contributed by atoms with E-state index in [4.69, 9.17) is 9.79 Å². The third-order valence-corrected chi connectivity index (χ3v) is 6.20. The Kier molecular flexibility index (Phi) is 10.2. The number of benzene rings is 1. The maximum Gasteiger partial charge on any atom is 0.469 e. The standard InChI is InChI=1S/C17H28NO5PS/c1-3-5-9-12-25(4-2)14-17(19)18-16(13-23-24(20,21)22)15-10-7-6-8-11-15/h4,6-8,10-11,16H,3,5,9,12-14H2,1-2H3,(H,18,19)(H2,20,21,22)/t16-,25?/m0/s1. The molecule has 6 nitrogen and oxygen atoms in total. The van der Waals surface area contributed by atoms with Gasteiger partial charge in [0.2, 0.25) is 5.91 Å². The van der Waals surface area contributed by atoms with Gasteiger partial charge in [0.15, 0.2) is 0 Å². The van der Waals surface area contributed by atoms with E-state index in [2.05, 4.69) is 22.1 Å². The number of carbonyl (C=O) groups excluding carboxylic acids is 1. The molecule has 0 aliphatic rings. The summed E-state index contributed by atoms with van der Waals surface area (Å²) in [5, 5.41) is 4.91. The zero-order valence-electron chi connectivity index (χ0n) is 14.8. The van der Waals surface area contributed by atoms with E-state index in [-0.39, 0.29) is 23.0 Å². The van der Waals surface area contributed by atoms with E-state index in [9.17, 15) is 9.36 Å². The molecule has 1 unspecified atom stereocenters. The molecule has 0 heterocycles. The Morgan fingerprint density at radius 1 is 1.32 bits per heavy atom. The van der Waals surface area contributed by atoms with E-state index in [1.54, 1.807) is 24.3 Å². The maximum atomic E-state index is 12.4. The minimum Gasteiger partial charge on any atom is -0.346 e. The van der Waals surface area contributed by atoms with Crippen LogP contribution >= 0.6 is 18.3 Å². The zero-order chi connectivity index (χ0) is 18.7. The number of carbonyl (C=O) groups is 1. The van der Waals surface area contributed by atoms with Crippen LogP contribution in [-0.4, -0.2) is 39.2 Å². The van der Waals surface area contributed by atoms with Crippen molar-refractivity contribution in [2.24, 2.45) is 0 Å². The highest BCUT2D eigenvalue weighted by atomic mass is 32.2. The summed E-state index contributed by atoms with van der Waals surface area (Å²) in [5.41, 5.74) is 0.746. The van der Waals surface area contributed by atoms with Gasteiger partial charge in [-0.25, -0.2) is 4.57 Å². The van der Waals surface area contributed by atoms with Crippen LogP contribution in [0, 0.1) is 0 Å². The molecule has 0 aromatic heterocycles. The number of hydrogen-bond acceptors (Lipinski definition) is 3. The number of rotatable bonds is 11. The first-order valence-corrected chi connectivity index (χ1v) is 11.5. The summed E-state index contributed by atoms with van der Waals surface area (Å²) in [6.07, 6.45) is 3.39. The highest BCUT2D eigenvalue weighted by Crippen LogP contribution is 2.37. The summed E-state index contributed by atoms with van der Waals surface area (Å²) < 4.78 is 15.6. The van der Waals surface area contributed by atoms with E-state index >= 15 is 0 Å². The molecule has 0 bridgehead atoms. The fourth-order valence-corrected chi connectivity index (χ4v) is 4.18. The van der Waals surface area contributed by atoms with Crippen LogP contribution in [-0.2, 0) is 13.9 Å². The first kappa shape index (κ1) is 22.1. The van der Waals surface area contributed by atoms with Gasteiger partial charge in [0.05, 0.1) is 18.4 Å². The molecule has 2 atom stereocenters. The lowest BCUT2D eigenvalue weighted by Gasteiger charge is -2.20. The van der Waals surface area contributed by atoms with Crippen LogP contribution < -0.4 is 5.32 Å². The molecule has 1 aromatic rings. The fourth-order valence-electron chi connectivity index (χ4n) is 2.29. The van der Waals surface area contributed by atoms with E-state index in [0.717, 1.165) is 30.6 Å². The number of phosphoric ester groups is 1. The molecule has 0 radical (unpaired) electrons. The van der Waals surface area contributed by atoms with Crippen LogP contribution in [0.4, 0.5) is 0 Å². The van der Waals surface area contributed by atoms with Gasteiger partial charge in [-0.15, -0.1) is 0 Å². The normalized spacial score (nSPS) is 14.2. The second-order valence-corrected chi connectivity index (χ2v) is 9.13. The minimum absolute atomic E-state index is 0.0883. The molecule has 1 amide bonds. The van der Waals surface area contributed by atoms with Gasteiger partial charge in [0.1, 0.15) is 0 Å². The van der Waals surface area contributed by atoms with Crippen LogP contribution in [0.5, 0.6) is 0 Å². The van der Waals surface area contributed by atoms with Crippen LogP contribution in [0.1, 0.15) is 44.7 Å². The van der Waals surface area contributed by atoms with E-state index in [1.807, 2.05) is 13.0 Å². The van der Waals surface area contributed by atoms with Gasteiger partial charge in [0, 0.05) is 0 Å². The van der Waals surface area contributed by atoms with Crippen LogP contribution in [0.2, 0.25) is 0 Å². The molecular formula is C17H28NO5PS. The van der Waals surface area contributed by atoms with Gasteiger partial charge >= 0.3 is 7.82 Å². The molecule has 0 saturated heterocycles. The van der Waals surface area contributed by atoms with Gasteiger partial charge in [0.25, 0.3) is 0 Å². The molecular weight excluding hydrogens is 361 g/mol. The predicted molar refractivity (Wildman–Crippen MR) is 104 cm³/mol. The molecule has 3 N–H and O–H groups in total. The average Bonchev–Trinajstić information content (AvgIpc) is 2.57. The molecule has 0 saturated carbocycles. The Hall–Kier alpha value is -0.980. The zero-order valence-corrected chi connectivity index (χ0v) is 16.5. The van der Waals surface area contributed by atoms with Gasteiger partial charge in [-0.1, -0.05) is 55.5 Å². The number of unbranched alkanes of at least 4 members (excludes halogenated alkanes) is 2. The summed E-state index contributed by atoms with van der Waals surface area (Å²) in [6.45, 7) is 3.83. The van der Waals surface area contributed by atoms with E-state index < -0.39 is 13.9 Å². The molecule has 1 rings (SSSR count). The van der Waals surface area contributed by atoms with E-state index in [0.29, 0.717) is 5.75 Å². The summed E-state index contributed by atoms with van der Waals surface area (Å²) in [5.74, 6) is 1.24. The molecule has 0 spiro atoms. The van der Waals surface area contributed by atoms with Gasteiger partial charge in [-0.3, -0.25) is 9.32 Å². The smallest absolute Gasteiger partial charge is 0.346 e. The monoisotopic (exact) mass is 389 g/mol. The van der Waals surface area contributed by atoms with Crippen LogP contribution in [0.15, 0.2) is 30.3 Å². The Balaban J connectivity index is 2.69. The maximum absolute atomic E-state index is 12.4. The SMILES string of the molecule is C/C=S(/CCCCC)CC(=O)N[C@@H](COP(=O)(O)O)c1ccccc1. The minimum atomic E-state index is -4.59. The summed E-state index contributed by atoms with van der Waals surface area (Å²) in [4.78, 5) is 30.2. The molecule has 0 aliphatic heterocycles. The lowest BCUT2D eigenvalue weighted by molar-refractivity contribution is -0.119. The molecule has 8 heteroatoms. The highest BCUT2D eigenvalue weighted by Gasteiger charge is 2.21. The van der Waals surface area contributed by atoms with Crippen molar-refractivity contribution in [3.8, 4) is 0 Å². The van der Waals surface area contributed by atoms with Crippen molar-refractivity contribution in [2.45, 2.75) is 39.2 Å². The van der Waals surface area contributed by atoms with Crippen LogP contribution in [0.3, 0.4) is 0 Å². The molecule has 0 fully saturated rings. The topological polar surface area (TPSA) is 95.9 Å². The van der Waals surface area contributed by atoms with Crippen molar-refractivity contribution < 1.29 is 23.7 Å². The molecule has 142 valence electrons. The first-order chi connectivity index (χ1) is 11.9. The number of nitrogens with one attached hydrogen (secondary N) is 1. The molecule has 25 heavy (non-hydrogen) atoms. The van der Waals surface area contributed by atoms with Crippen molar-refractivity contribution in [1.82, 2.24) is 5.32 Å². The fraction of sp³-hybridized carbons (Fsp3) is 0.529. The van der Waals surface area contributed by atoms with Crippen molar-refractivity contribution in [3.63, 3.8) is 0 Å². The van der Waals surface area contributed by atoms with Gasteiger partial charge < -0.3 is 15.1 Å². The van der Waals surface area contributed by atoms with E-state index in [1.165, 1.54) is 0 Å². The number of hydrogen-bond donors (Lipinski definition) is 3. The first-order valence-electron chi connectivity index (χ1n) is 8.36. The lowest BCUT2D eigenvalue weighted by Crippen LogP contribution is -2.33. The Morgan fingerprint density at radius 3 is 2.56 bits per heavy atom. The van der Waals surface area contributed by atoms with Crippen molar-refractivity contribution in [1.29, 1.82) is 0 Å². The number of phosphoric acid groups is 1. The van der Waals surface area contributed by atoms with Crippen molar-refractivity contribution in [3.05, 3.63) is 35.9 Å². The average molecular weight is 389 g/mol. The second kappa shape index (κ2) is 11.6. The Morgan fingerprint density at radius 2 is 2.00 bits per heavy atom. The van der Waals surface area contributed by atoms with Gasteiger partial charge in [-0.05, 0) is 24.7 Å². The second-order valence-electron chi connectivity index (χ2n) is 5.65. The Labute approximate surface area is 152 Å². The van der Waals surface area contributed by atoms with Gasteiger partial charge in [-0.2, -0.15) is 10.5 Å².